The monoisotopic (exact) mass is 250 g/mol. The van der Waals surface area contributed by atoms with Crippen LogP contribution in [0.2, 0.25) is 0 Å². The number of likely N-dealkylation sites (N-methyl/N-ethyl adjacent to an activating group) is 1. The Hall–Kier alpha value is -1.36. The summed E-state index contributed by atoms with van der Waals surface area (Å²) in [5.41, 5.74) is 2.42. The van der Waals surface area contributed by atoms with Gasteiger partial charge in [-0.3, -0.25) is 9.89 Å². The van der Waals surface area contributed by atoms with E-state index in [0.717, 1.165) is 42.9 Å². The first-order valence-electron chi connectivity index (χ1n) is 6.48. The summed E-state index contributed by atoms with van der Waals surface area (Å²) in [5.74, 6) is 0.128. The quantitative estimate of drug-likeness (QED) is 0.877. The molecular weight excluding hydrogens is 228 g/mol. The van der Waals surface area contributed by atoms with Crippen molar-refractivity contribution in [3.8, 4) is 0 Å². The number of aromatic nitrogens is 2. The summed E-state index contributed by atoms with van der Waals surface area (Å²) in [6.07, 6.45) is 2.19. The van der Waals surface area contributed by atoms with Crippen LogP contribution in [0.5, 0.6) is 0 Å². The molecule has 2 rings (SSSR count). The van der Waals surface area contributed by atoms with Crippen molar-refractivity contribution in [2.45, 2.75) is 32.7 Å². The molecule has 1 fully saturated rings. The second-order valence-corrected chi connectivity index (χ2v) is 5.37. The summed E-state index contributed by atoms with van der Waals surface area (Å²) in [5, 5.41) is 7.00. The Labute approximate surface area is 108 Å². The molecule has 1 amide bonds. The van der Waals surface area contributed by atoms with E-state index in [-0.39, 0.29) is 5.91 Å². The second kappa shape index (κ2) is 5.10. The number of aryl methyl sites for hydroxylation is 2. The third-order valence-electron chi connectivity index (χ3n) is 3.56. The molecule has 0 radical (unpaired) electrons. The van der Waals surface area contributed by atoms with Crippen LogP contribution >= 0.6 is 0 Å². The number of hydrogen-bond acceptors (Lipinski definition) is 3. The fraction of sp³-hybridized carbons (Fsp3) is 0.692. The maximum Gasteiger partial charge on any atom is 0.257 e. The van der Waals surface area contributed by atoms with Crippen molar-refractivity contribution in [2.75, 3.05) is 27.2 Å². The Kier molecular flexibility index (Phi) is 3.71. The second-order valence-electron chi connectivity index (χ2n) is 5.37. The van der Waals surface area contributed by atoms with E-state index in [1.54, 1.807) is 0 Å². The molecule has 0 bridgehead atoms. The number of likely N-dealkylation sites (tertiary alicyclic amines) is 1. The van der Waals surface area contributed by atoms with Gasteiger partial charge in [-0.25, -0.2) is 0 Å². The molecule has 1 aromatic rings. The Morgan fingerprint density at radius 2 is 2.22 bits per heavy atom. The molecule has 1 atom stereocenters. The SMILES string of the molecule is Cc1n[nH]c(C)c1C(=O)N1CCCC1CN(C)C. The minimum Gasteiger partial charge on any atom is -0.334 e. The van der Waals surface area contributed by atoms with Gasteiger partial charge in [-0.1, -0.05) is 0 Å². The van der Waals surface area contributed by atoms with Crippen molar-refractivity contribution in [3.63, 3.8) is 0 Å². The Balaban J connectivity index is 2.18. The molecule has 1 N–H and O–H groups in total. The lowest BCUT2D eigenvalue weighted by Crippen LogP contribution is -2.41. The van der Waals surface area contributed by atoms with E-state index in [1.807, 2.05) is 18.7 Å². The number of amides is 1. The Morgan fingerprint density at radius 1 is 1.50 bits per heavy atom. The maximum atomic E-state index is 12.6. The molecule has 18 heavy (non-hydrogen) atoms. The van der Waals surface area contributed by atoms with Gasteiger partial charge >= 0.3 is 0 Å². The molecule has 100 valence electrons. The average Bonchev–Trinajstić information content (AvgIpc) is 2.85. The van der Waals surface area contributed by atoms with Crippen molar-refractivity contribution < 1.29 is 4.79 Å². The third-order valence-corrected chi connectivity index (χ3v) is 3.56. The summed E-state index contributed by atoms with van der Waals surface area (Å²) in [6, 6.07) is 0.334. The summed E-state index contributed by atoms with van der Waals surface area (Å²) in [4.78, 5) is 16.7. The topological polar surface area (TPSA) is 52.2 Å². The van der Waals surface area contributed by atoms with Crippen molar-refractivity contribution >= 4 is 5.91 Å². The summed E-state index contributed by atoms with van der Waals surface area (Å²) < 4.78 is 0. The molecule has 0 spiro atoms. The van der Waals surface area contributed by atoms with Crippen LogP contribution in [0.15, 0.2) is 0 Å². The molecule has 2 heterocycles. The standard InChI is InChI=1S/C13H22N4O/c1-9-12(10(2)15-14-9)13(18)17-7-5-6-11(17)8-16(3)4/h11H,5-8H2,1-4H3,(H,14,15). The highest BCUT2D eigenvalue weighted by molar-refractivity contribution is 5.96. The number of rotatable bonds is 3. The number of aromatic amines is 1. The van der Waals surface area contributed by atoms with Crippen molar-refractivity contribution in [1.29, 1.82) is 0 Å². The predicted octanol–water partition coefficient (Wildman–Crippen LogP) is 1.19. The van der Waals surface area contributed by atoms with Crippen LogP contribution in [0.4, 0.5) is 0 Å². The molecule has 5 heteroatoms. The van der Waals surface area contributed by atoms with Crippen LogP contribution in [0.1, 0.15) is 34.6 Å². The molecule has 0 saturated carbocycles. The van der Waals surface area contributed by atoms with Gasteiger partial charge in [0, 0.05) is 24.8 Å². The van der Waals surface area contributed by atoms with Gasteiger partial charge in [0.2, 0.25) is 0 Å². The van der Waals surface area contributed by atoms with Crippen LogP contribution in [0, 0.1) is 13.8 Å². The predicted molar refractivity (Wildman–Crippen MR) is 70.7 cm³/mol. The number of nitrogens with one attached hydrogen (secondary N) is 1. The average molecular weight is 250 g/mol. The van der Waals surface area contributed by atoms with Crippen LogP contribution in [-0.2, 0) is 0 Å². The molecule has 5 nitrogen and oxygen atoms in total. The maximum absolute atomic E-state index is 12.6. The highest BCUT2D eigenvalue weighted by Gasteiger charge is 2.31. The Morgan fingerprint density at radius 3 is 2.78 bits per heavy atom. The molecule has 0 aliphatic carbocycles. The zero-order valence-corrected chi connectivity index (χ0v) is 11.7. The fourth-order valence-electron chi connectivity index (χ4n) is 2.72. The number of H-pyrrole nitrogens is 1. The van der Waals surface area contributed by atoms with Gasteiger partial charge in [0.25, 0.3) is 5.91 Å². The van der Waals surface area contributed by atoms with Crippen LogP contribution in [-0.4, -0.2) is 59.1 Å². The Bertz CT molecular complexity index is 419. The van der Waals surface area contributed by atoms with Gasteiger partial charge in [0.1, 0.15) is 0 Å². The molecule has 1 aromatic heterocycles. The minimum atomic E-state index is 0.128. The number of carbonyl (C=O) groups excluding carboxylic acids is 1. The molecule has 1 saturated heterocycles. The largest absolute Gasteiger partial charge is 0.334 e. The van der Waals surface area contributed by atoms with Gasteiger partial charge in [-0.2, -0.15) is 5.10 Å². The van der Waals surface area contributed by atoms with Crippen LogP contribution < -0.4 is 0 Å². The highest BCUT2D eigenvalue weighted by atomic mass is 16.2. The molecule has 1 aliphatic heterocycles. The lowest BCUT2D eigenvalue weighted by molar-refractivity contribution is 0.0715. The zero-order valence-electron chi connectivity index (χ0n) is 11.7. The third kappa shape index (κ3) is 2.41. The molecule has 1 unspecified atom stereocenters. The van der Waals surface area contributed by atoms with Crippen molar-refractivity contribution in [3.05, 3.63) is 17.0 Å². The highest BCUT2D eigenvalue weighted by Crippen LogP contribution is 2.22. The zero-order chi connectivity index (χ0) is 13.3. The van der Waals surface area contributed by atoms with E-state index in [2.05, 4.69) is 29.2 Å². The normalized spacial score (nSPS) is 19.8. The van der Waals surface area contributed by atoms with Crippen LogP contribution in [0.3, 0.4) is 0 Å². The first-order chi connectivity index (χ1) is 8.50. The van der Waals surface area contributed by atoms with E-state index in [0.29, 0.717) is 6.04 Å². The van der Waals surface area contributed by atoms with E-state index in [4.69, 9.17) is 0 Å². The number of carbonyl (C=O) groups is 1. The van der Waals surface area contributed by atoms with E-state index >= 15 is 0 Å². The lowest BCUT2D eigenvalue weighted by atomic mass is 10.1. The summed E-state index contributed by atoms with van der Waals surface area (Å²) in [7, 11) is 4.10. The molecule has 1 aliphatic rings. The van der Waals surface area contributed by atoms with E-state index < -0.39 is 0 Å². The summed E-state index contributed by atoms with van der Waals surface area (Å²) in [6.45, 7) is 5.58. The van der Waals surface area contributed by atoms with Gasteiger partial charge in [-0.15, -0.1) is 0 Å². The van der Waals surface area contributed by atoms with Gasteiger partial charge in [0.05, 0.1) is 11.3 Å². The van der Waals surface area contributed by atoms with E-state index in [9.17, 15) is 4.79 Å². The van der Waals surface area contributed by atoms with Crippen molar-refractivity contribution in [1.82, 2.24) is 20.0 Å². The number of hydrogen-bond donors (Lipinski definition) is 1. The fourth-order valence-corrected chi connectivity index (χ4v) is 2.72. The summed E-state index contributed by atoms with van der Waals surface area (Å²) >= 11 is 0. The number of nitrogens with zero attached hydrogens (tertiary/aromatic N) is 3. The minimum absolute atomic E-state index is 0.128. The van der Waals surface area contributed by atoms with Crippen molar-refractivity contribution in [2.24, 2.45) is 0 Å². The molecular formula is C13H22N4O. The van der Waals surface area contributed by atoms with Crippen LogP contribution in [0.25, 0.3) is 0 Å². The first kappa shape index (κ1) is 13.1. The van der Waals surface area contributed by atoms with E-state index in [1.165, 1.54) is 0 Å². The van der Waals surface area contributed by atoms with Gasteiger partial charge < -0.3 is 9.80 Å². The smallest absolute Gasteiger partial charge is 0.257 e. The van der Waals surface area contributed by atoms with Gasteiger partial charge in [0.15, 0.2) is 0 Å². The lowest BCUT2D eigenvalue weighted by Gasteiger charge is -2.27. The first-order valence-corrected chi connectivity index (χ1v) is 6.48. The van der Waals surface area contributed by atoms with Gasteiger partial charge in [-0.05, 0) is 40.8 Å². The molecule has 0 aromatic carbocycles.